The van der Waals surface area contributed by atoms with Crippen molar-refractivity contribution < 1.29 is 42.1 Å². The second kappa shape index (κ2) is 14.0. The highest BCUT2D eigenvalue weighted by Gasteiger charge is 2.38. The molecule has 0 aliphatic rings. The number of methoxy groups -OCH3 is 1. The van der Waals surface area contributed by atoms with Crippen molar-refractivity contribution in [2.45, 2.75) is 76.7 Å². The molecule has 13 heteroatoms. The van der Waals surface area contributed by atoms with E-state index in [1.807, 2.05) is 32.9 Å². The summed E-state index contributed by atoms with van der Waals surface area (Å²) in [7, 11) is -0.0901. The lowest BCUT2D eigenvalue weighted by Crippen LogP contribution is -2.51. The van der Waals surface area contributed by atoms with Gasteiger partial charge in [0.25, 0.3) is 0 Å². The van der Waals surface area contributed by atoms with Crippen LogP contribution in [0.25, 0.3) is 0 Å². The van der Waals surface area contributed by atoms with E-state index in [9.17, 15) is 22.8 Å². The highest BCUT2D eigenvalue weighted by Crippen LogP contribution is 2.14. The number of nitrogens with zero attached hydrogens (tertiary/aromatic N) is 1. The molecule has 0 radical (unpaired) electrons. The molecule has 0 bridgehead atoms. The van der Waals surface area contributed by atoms with Gasteiger partial charge >= 0.3 is 24.2 Å². The number of aliphatic carboxylic acids is 1. The zero-order chi connectivity index (χ0) is 27.4. The van der Waals surface area contributed by atoms with Gasteiger partial charge in [0.1, 0.15) is 11.6 Å². The molecule has 1 heterocycles. The Morgan fingerprint density at radius 2 is 1.74 bits per heavy atom. The Balaban J connectivity index is 0.00000143. The maximum atomic E-state index is 12.2. The quantitative estimate of drug-likeness (QED) is 0.331. The molecule has 0 aliphatic heterocycles. The van der Waals surface area contributed by atoms with Gasteiger partial charge < -0.3 is 25.2 Å². The van der Waals surface area contributed by atoms with Gasteiger partial charge in [0, 0.05) is 33.1 Å². The molecular formula is C22H36F3N3O6Si. The first-order valence-electron chi connectivity index (χ1n) is 10.8. The van der Waals surface area contributed by atoms with Crippen LogP contribution in [0, 0.1) is 0 Å². The van der Waals surface area contributed by atoms with Crippen molar-refractivity contribution in [2.24, 2.45) is 0 Å². The first-order valence-corrected chi connectivity index (χ1v) is 14.5. The van der Waals surface area contributed by atoms with Crippen LogP contribution in [-0.2, 0) is 25.5 Å². The van der Waals surface area contributed by atoms with Crippen LogP contribution in [0.2, 0.25) is 25.7 Å². The molecule has 2 atom stereocenters. The van der Waals surface area contributed by atoms with Crippen molar-refractivity contribution >= 4 is 26.1 Å². The first kappa shape index (κ1) is 32.3. The molecular weight excluding hydrogens is 487 g/mol. The predicted octanol–water partition coefficient (Wildman–Crippen LogP) is 3.62. The lowest BCUT2D eigenvalue weighted by atomic mass is 10.1. The molecule has 200 valence electrons. The number of aromatic nitrogens is 1. The van der Waals surface area contributed by atoms with Crippen LogP contribution in [0.5, 0.6) is 0 Å². The third-order valence-electron chi connectivity index (χ3n) is 4.08. The molecule has 1 amide bonds. The van der Waals surface area contributed by atoms with Gasteiger partial charge in [0.05, 0.1) is 7.11 Å². The summed E-state index contributed by atoms with van der Waals surface area (Å²) in [5, 5.41) is 13.3. The number of rotatable bonds is 9. The van der Waals surface area contributed by atoms with Crippen molar-refractivity contribution in [3.05, 3.63) is 30.1 Å². The SMILES string of the molecule is COC(=O)[C@H](Cc1cccnc1)NC[C@H](C[Si](C)(C)C)NC(=O)OC(C)(C)C.O=C(O)C(F)(F)F. The molecule has 1 rings (SSSR count). The van der Waals surface area contributed by atoms with Crippen molar-refractivity contribution in [1.82, 2.24) is 15.6 Å². The number of esters is 1. The molecule has 0 spiro atoms. The second-order valence-corrected chi connectivity index (χ2v) is 15.5. The topological polar surface area (TPSA) is 127 Å². The Morgan fingerprint density at radius 3 is 2.14 bits per heavy atom. The third-order valence-corrected chi connectivity index (χ3v) is 5.80. The lowest BCUT2D eigenvalue weighted by molar-refractivity contribution is -0.192. The number of nitrogens with one attached hydrogen (secondary N) is 2. The number of amides is 1. The zero-order valence-corrected chi connectivity index (χ0v) is 22.2. The Morgan fingerprint density at radius 1 is 1.17 bits per heavy atom. The monoisotopic (exact) mass is 523 g/mol. The Kier molecular flexibility index (Phi) is 13.0. The Labute approximate surface area is 204 Å². The second-order valence-electron chi connectivity index (χ2n) is 9.96. The fourth-order valence-corrected chi connectivity index (χ4v) is 4.53. The third kappa shape index (κ3) is 16.6. The molecule has 0 saturated carbocycles. The fourth-order valence-electron chi connectivity index (χ4n) is 2.81. The van der Waals surface area contributed by atoms with Crippen LogP contribution < -0.4 is 10.6 Å². The highest BCUT2D eigenvalue weighted by molar-refractivity contribution is 6.76. The minimum atomic E-state index is -5.08. The summed E-state index contributed by atoms with van der Waals surface area (Å²) < 4.78 is 42.1. The summed E-state index contributed by atoms with van der Waals surface area (Å²) in [6.07, 6.45) is -1.64. The van der Waals surface area contributed by atoms with Gasteiger partial charge in [0.15, 0.2) is 0 Å². The fraction of sp³-hybridized carbons (Fsp3) is 0.636. The van der Waals surface area contributed by atoms with Gasteiger partial charge in [-0.15, -0.1) is 0 Å². The molecule has 0 saturated heterocycles. The highest BCUT2D eigenvalue weighted by atomic mass is 28.3. The molecule has 1 aromatic rings. The number of hydrogen-bond donors (Lipinski definition) is 3. The van der Waals surface area contributed by atoms with E-state index in [-0.39, 0.29) is 12.0 Å². The van der Waals surface area contributed by atoms with Gasteiger partial charge in [-0.3, -0.25) is 9.78 Å². The Hall–Kier alpha value is -2.67. The van der Waals surface area contributed by atoms with Gasteiger partial charge in [-0.25, -0.2) is 9.59 Å². The molecule has 0 unspecified atom stereocenters. The van der Waals surface area contributed by atoms with E-state index in [0.29, 0.717) is 13.0 Å². The number of alkyl halides is 3. The van der Waals surface area contributed by atoms with Gasteiger partial charge in [-0.1, -0.05) is 25.7 Å². The lowest BCUT2D eigenvalue weighted by Gasteiger charge is -2.29. The molecule has 0 aromatic carbocycles. The summed E-state index contributed by atoms with van der Waals surface area (Å²) in [6, 6.07) is 3.96. The molecule has 9 nitrogen and oxygen atoms in total. The number of alkyl carbamates (subject to hydrolysis) is 1. The molecule has 1 aromatic heterocycles. The average Bonchev–Trinajstić information content (AvgIpc) is 2.68. The predicted molar refractivity (Wildman–Crippen MR) is 127 cm³/mol. The molecule has 35 heavy (non-hydrogen) atoms. The van der Waals surface area contributed by atoms with E-state index >= 15 is 0 Å². The van der Waals surface area contributed by atoms with Crippen LogP contribution >= 0.6 is 0 Å². The standard InChI is InChI=1S/C20H35N3O4Si.C2HF3O2/c1-20(2,3)27-19(25)23-16(14-28(5,6)7)13-22-17(18(24)26-4)11-15-9-8-10-21-12-15;3-2(4,5)1(6)7/h8-10,12,16-17,22H,11,13-14H2,1-7H3,(H,23,25);(H,6,7)/t16-,17+;/m1./s1. The van der Waals surface area contributed by atoms with Crippen LogP contribution in [-0.4, -0.2) is 73.7 Å². The van der Waals surface area contributed by atoms with Crippen molar-refractivity contribution in [2.75, 3.05) is 13.7 Å². The largest absolute Gasteiger partial charge is 0.490 e. The molecule has 3 N–H and O–H groups in total. The number of halogens is 3. The van der Waals surface area contributed by atoms with Crippen molar-refractivity contribution in [3.8, 4) is 0 Å². The van der Waals surface area contributed by atoms with E-state index in [1.54, 1.807) is 12.4 Å². The normalized spacial score (nSPS) is 13.5. The number of carbonyl (C=O) groups is 3. The summed E-state index contributed by atoms with van der Waals surface area (Å²) in [4.78, 5) is 37.4. The number of hydrogen-bond acceptors (Lipinski definition) is 7. The van der Waals surface area contributed by atoms with E-state index < -0.39 is 38.0 Å². The smallest absolute Gasteiger partial charge is 0.475 e. The zero-order valence-electron chi connectivity index (χ0n) is 21.2. The maximum absolute atomic E-state index is 12.2. The van der Waals surface area contributed by atoms with Crippen LogP contribution in [0.3, 0.4) is 0 Å². The summed E-state index contributed by atoms with van der Waals surface area (Å²) in [5.41, 5.74) is 0.378. The van der Waals surface area contributed by atoms with Crippen LogP contribution in [0.1, 0.15) is 26.3 Å². The number of pyridine rings is 1. The molecule has 0 fully saturated rings. The minimum Gasteiger partial charge on any atom is -0.475 e. The van der Waals surface area contributed by atoms with E-state index in [4.69, 9.17) is 19.4 Å². The van der Waals surface area contributed by atoms with E-state index in [0.717, 1.165) is 11.6 Å². The first-order chi connectivity index (χ1) is 15.8. The summed E-state index contributed by atoms with van der Waals surface area (Å²) in [6.45, 7) is 12.7. The summed E-state index contributed by atoms with van der Waals surface area (Å²) in [5.74, 6) is -3.10. The molecule has 0 aliphatic carbocycles. The average molecular weight is 524 g/mol. The van der Waals surface area contributed by atoms with Crippen molar-refractivity contribution in [3.63, 3.8) is 0 Å². The van der Waals surface area contributed by atoms with E-state index in [1.165, 1.54) is 7.11 Å². The van der Waals surface area contributed by atoms with Gasteiger partial charge in [0.2, 0.25) is 0 Å². The van der Waals surface area contributed by atoms with Crippen molar-refractivity contribution in [1.29, 1.82) is 0 Å². The number of carboxylic acid groups (broad SMARTS) is 1. The van der Waals surface area contributed by atoms with E-state index in [2.05, 4.69) is 35.3 Å². The van der Waals surface area contributed by atoms with Gasteiger partial charge in [-0.2, -0.15) is 13.2 Å². The van der Waals surface area contributed by atoms with Crippen LogP contribution in [0.15, 0.2) is 24.5 Å². The Bertz CT molecular complexity index is 811. The number of ether oxygens (including phenoxy) is 2. The number of carboxylic acids is 1. The van der Waals surface area contributed by atoms with Gasteiger partial charge in [-0.05, 0) is 44.9 Å². The summed E-state index contributed by atoms with van der Waals surface area (Å²) >= 11 is 0. The van der Waals surface area contributed by atoms with Crippen LogP contribution in [0.4, 0.5) is 18.0 Å². The number of carbonyl (C=O) groups excluding carboxylic acids is 2. The maximum Gasteiger partial charge on any atom is 0.490 e. The minimum absolute atomic E-state index is 0.137.